The quantitative estimate of drug-likeness (QED) is 0.546. The van der Waals surface area contributed by atoms with Crippen molar-refractivity contribution in [2.75, 3.05) is 6.61 Å². The van der Waals surface area contributed by atoms with Crippen LogP contribution in [0.1, 0.15) is 35.7 Å². The standard InChI is InChI=1S/C24H26O4/c1-18(27-17-19-13-14-20-8-5-6-11-22(20)16-19)23(12-7-15-25)28-24(26)21-9-3-2-4-10-21/h2-6,8-11,13-14,16,18,23,25H,7,12,15,17H2,1H3/t18-,23-/m0/s1. The molecule has 3 aromatic rings. The van der Waals surface area contributed by atoms with Gasteiger partial charge in [0.05, 0.1) is 18.3 Å². The molecule has 4 heteroatoms. The van der Waals surface area contributed by atoms with Crippen LogP contribution < -0.4 is 0 Å². The van der Waals surface area contributed by atoms with E-state index in [1.165, 1.54) is 10.8 Å². The minimum atomic E-state index is -0.416. The van der Waals surface area contributed by atoms with Crippen molar-refractivity contribution >= 4 is 16.7 Å². The molecule has 28 heavy (non-hydrogen) atoms. The van der Waals surface area contributed by atoms with Gasteiger partial charge in [-0.3, -0.25) is 0 Å². The molecule has 146 valence electrons. The van der Waals surface area contributed by atoms with E-state index in [1.807, 2.05) is 31.2 Å². The zero-order valence-electron chi connectivity index (χ0n) is 16.1. The lowest BCUT2D eigenvalue weighted by Gasteiger charge is -2.24. The summed E-state index contributed by atoms with van der Waals surface area (Å²) in [5.41, 5.74) is 1.58. The maximum Gasteiger partial charge on any atom is 0.338 e. The van der Waals surface area contributed by atoms with Gasteiger partial charge in [0.1, 0.15) is 6.10 Å². The van der Waals surface area contributed by atoms with Crippen molar-refractivity contribution in [3.05, 3.63) is 83.9 Å². The van der Waals surface area contributed by atoms with Crippen molar-refractivity contribution < 1.29 is 19.4 Å². The molecular formula is C24H26O4. The second-order valence-electron chi connectivity index (χ2n) is 6.87. The highest BCUT2D eigenvalue weighted by molar-refractivity contribution is 5.89. The van der Waals surface area contributed by atoms with E-state index < -0.39 is 6.10 Å². The molecular weight excluding hydrogens is 352 g/mol. The molecule has 0 aliphatic heterocycles. The Labute approximate surface area is 165 Å². The zero-order chi connectivity index (χ0) is 19.8. The third kappa shape index (κ3) is 5.41. The van der Waals surface area contributed by atoms with E-state index in [9.17, 15) is 9.90 Å². The second-order valence-corrected chi connectivity index (χ2v) is 6.87. The molecule has 0 heterocycles. The number of aliphatic hydroxyl groups excluding tert-OH is 1. The lowest BCUT2D eigenvalue weighted by atomic mass is 10.1. The highest BCUT2D eigenvalue weighted by Gasteiger charge is 2.23. The highest BCUT2D eigenvalue weighted by Crippen LogP contribution is 2.19. The zero-order valence-corrected chi connectivity index (χ0v) is 16.1. The van der Waals surface area contributed by atoms with Crippen LogP contribution in [0.3, 0.4) is 0 Å². The number of carbonyl (C=O) groups is 1. The summed E-state index contributed by atoms with van der Waals surface area (Å²) in [4.78, 5) is 12.4. The molecule has 0 bridgehead atoms. The first-order valence-corrected chi connectivity index (χ1v) is 9.63. The molecule has 1 N–H and O–H groups in total. The van der Waals surface area contributed by atoms with Gasteiger partial charge in [0.25, 0.3) is 0 Å². The Kier molecular flexibility index (Phi) is 7.18. The molecule has 0 aromatic heterocycles. The van der Waals surface area contributed by atoms with Crippen molar-refractivity contribution in [2.24, 2.45) is 0 Å². The van der Waals surface area contributed by atoms with E-state index >= 15 is 0 Å². The van der Waals surface area contributed by atoms with Crippen LogP contribution in [0.5, 0.6) is 0 Å². The van der Waals surface area contributed by atoms with Crippen LogP contribution in [0.2, 0.25) is 0 Å². The van der Waals surface area contributed by atoms with E-state index in [-0.39, 0.29) is 18.7 Å². The number of aliphatic hydroxyl groups is 1. The van der Waals surface area contributed by atoms with Gasteiger partial charge in [-0.15, -0.1) is 0 Å². The molecule has 3 rings (SSSR count). The molecule has 0 radical (unpaired) electrons. The monoisotopic (exact) mass is 378 g/mol. The minimum Gasteiger partial charge on any atom is -0.456 e. The molecule has 0 unspecified atom stereocenters. The molecule has 0 spiro atoms. The summed E-state index contributed by atoms with van der Waals surface area (Å²) in [6.45, 7) is 2.39. The van der Waals surface area contributed by atoms with E-state index in [1.54, 1.807) is 24.3 Å². The fourth-order valence-corrected chi connectivity index (χ4v) is 3.13. The van der Waals surface area contributed by atoms with E-state index in [2.05, 4.69) is 24.3 Å². The number of ether oxygens (including phenoxy) is 2. The summed E-state index contributed by atoms with van der Waals surface area (Å²) in [7, 11) is 0. The minimum absolute atomic E-state index is 0.0524. The predicted octanol–water partition coefficient (Wildman–Crippen LogP) is 4.74. The summed E-state index contributed by atoms with van der Waals surface area (Å²) in [5, 5.41) is 11.5. The topological polar surface area (TPSA) is 55.8 Å². The number of hydrogen-bond acceptors (Lipinski definition) is 4. The fraction of sp³-hybridized carbons (Fsp3) is 0.292. The highest BCUT2D eigenvalue weighted by atomic mass is 16.6. The Morgan fingerprint density at radius 2 is 1.68 bits per heavy atom. The van der Waals surface area contributed by atoms with Gasteiger partial charge in [-0.25, -0.2) is 4.79 Å². The van der Waals surface area contributed by atoms with Crippen molar-refractivity contribution in [1.82, 2.24) is 0 Å². The van der Waals surface area contributed by atoms with Gasteiger partial charge in [-0.1, -0.05) is 54.6 Å². The van der Waals surface area contributed by atoms with E-state index in [0.29, 0.717) is 25.0 Å². The first kappa shape index (κ1) is 20.1. The van der Waals surface area contributed by atoms with Gasteiger partial charge in [-0.05, 0) is 54.3 Å². The van der Waals surface area contributed by atoms with Crippen molar-refractivity contribution in [2.45, 2.75) is 38.6 Å². The maximum atomic E-state index is 12.4. The molecule has 0 fully saturated rings. The van der Waals surface area contributed by atoms with Crippen LogP contribution >= 0.6 is 0 Å². The van der Waals surface area contributed by atoms with Gasteiger partial charge >= 0.3 is 5.97 Å². The lowest BCUT2D eigenvalue weighted by molar-refractivity contribution is -0.0553. The smallest absolute Gasteiger partial charge is 0.338 e. The first-order valence-electron chi connectivity index (χ1n) is 9.63. The first-order chi connectivity index (χ1) is 13.7. The van der Waals surface area contributed by atoms with Crippen LogP contribution in [-0.2, 0) is 16.1 Å². The molecule has 0 aliphatic rings. The van der Waals surface area contributed by atoms with Crippen LogP contribution in [-0.4, -0.2) is 29.9 Å². The Bertz CT molecular complexity index is 891. The summed E-state index contributed by atoms with van der Waals surface area (Å²) >= 11 is 0. The number of esters is 1. The average Bonchev–Trinajstić information content (AvgIpc) is 2.75. The Morgan fingerprint density at radius 1 is 0.964 bits per heavy atom. The van der Waals surface area contributed by atoms with Crippen LogP contribution in [0.15, 0.2) is 72.8 Å². The largest absolute Gasteiger partial charge is 0.456 e. The van der Waals surface area contributed by atoms with Crippen LogP contribution in [0, 0.1) is 0 Å². The Balaban J connectivity index is 1.63. The molecule has 0 amide bonds. The summed E-state index contributed by atoms with van der Waals surface area (Å²) in [6, 6.07) is 23.4. The third-order valence-electron chi connectivity index (χ3n) is 4.76. The van der Waals surface area contributed by atoms with Gasteiger partial charge < -0.3 is 14.6 Å². The molecule has 2 atom stereocenters. The van der Waals surface area contributed by atoms with Crippen LogP contribution in [0.25, 0.3) is 10.8 Å². The maximum absolute atomic E-state index is 12.4. The number of fused-ring (bicyclic) bond motifs is 1. The molecule has 4 nitrogen and oxygen atoms in total. The van der Waals surface area contributed by atoms with Gasteiger partial charge in [0, 0.05) is 6.61 Å². The second kappa shape index (κ2) is 10.0. The van der Waals surface area contributed by atoms with Crippen molar-refractivity contribution in [3.8, 4) is 0 Å². The average molecular weight is 378 g/mol. The lowest BCUT2D eigenvalue weighted by Crippen LogP contribution is -2.31. The van der Waals surface area contributed by atoms with Gasteiger partial charge in [0.2, 0.25) is 0 Å². The Hall–Kier alpha value is -2.69. The number of carbonyl (C=O) groups excluding carboxylic acids is 1. The normalized spacial score (nSPS) is 13.2. The molecule has 3 aromatic carbocycles. The number of hydrogen-bond donors (Lipinski definition) is 1. The molecule has 0 aliphatic carbocycles. The van der Waals surface area contributed by atoms with Crippen molar-refractivity contribution in [3.63, 3.8) is 0 Å². The third-order valence-corrected chi connectivity index (χ3v) is 4.76. The van der Waals surface area contributed by atoms with Gasteiger partial charge in [0.15, 0.2) is 0 Å². The van der Waals surface area contributed by atoms with E-state index in [4.69, 9.17) is 9.47 Å². The summed E-state index contributed by atoms with van der Waals surface area (Å²) in [6.07, 6.45) is 0.399. The summed E-state index contributed by atoms with van der Waals surface area (Å²) in [5.74, 6) is -0.371. The number of benzene rings is 3. The van der Waals surface area contributed by atoms with Crippen LogP contribution in [0.4, 0.5) is 0 Å². The Morgan fingerprint density at radius 3 is 2.43 bits per heavy atom. The van der Waals surface area contributed by atoms with Crippen molar-refractivity contribution in [1.29, 1.82) is 0 Å². The summed E-state index contributed by atoms with van der Waals surface area (Å²) < 4.78 is 11.7. The van der Waals surface area contributed by atoms with Gasteiger partial charge in [-0.2, -0.15) is 0 Å². The molecule has 0 saturated carbocycles. The van der Waals surface area contributed by atoms with E-state index in [0.717, 1.165) is 5.56 Å². The predicted molar refractivity (Wildman–Crippen MR) is 110 cm³/mol. The number of rotatable bonds is 9. The fourth-order valence-electron chi connectivity index (χ4n) is 3.13. The molecule has 0 saturated heterocycles. The SMILES string of the molecule is C[C@H](OCc1ccc2ccccc2c1)[C@H](CCCO)OC(=O)c1ccccc1.